The number of halogens is 2. The first kappa shape index (κ1) is 13.4. The van der Waals surface area contributed by atoms with Crippen molar-refractivity contribution in [2.75, 3.05) is 7.11 Å². The average molecular weight is 331 g/mol. The lowest BCUT2D eigenvalue weighted by Gasteiger charge is -2.07. The Morgan fingerprint density at radius 1 is 1.50 bits per heavy atom. The molecule has 0 saturated heterocycles. The molecule has 6 heteroatoms. The van der Waals surface area contributed by atoms with Crippen molar-refractivity contribution < 1.29 is 4.74 Å². The van der Waals surface area contributed by atoms with E-state index in [1.54, 1.807) is 11.8 Å². The minimum absolute atomic E-state index is 0.132. The lowest BCUT2D eigenvalue weighted by Crippen LogP contribution is -2.01. The monoisotopic (exact) mass is 329 g/mol. The summed E-state index contributed by atoms with van der Waals surface area (Å²) in [5.41, 5.74) is 1.85. The number of methoxy groups -OCH3 is 1. The van der Waals surface area contributed by atoms with Gasteiger partial charge in [-0.05, 0) is 30.7 Å². The third-order valence-corrected chi connectivity index (χ3v) is 3.55. The van der Waals surface area contributed by atoms with E-state index in [-0.39, 0.29) is 5.38 Å². The summed E-state index contributed by atoms with van der Waals surface area (Å²) >= 11 is 9.46. The maximum atomic E-state index is 5.95. The van der Waals surface area contributed by atoms with Crippen LogP contribution in [-0.2, 0) is 6.54 Å². The van der Waals surface area contributed by atoms with E-state index in [9.17, 15) is 0 Å². The van der Waals surface area contributed by atoms with Crippen LogP contribution in [0.1, 0.15) is 23.6 Å². The predicted octanol–water partition coefficient (Wildman–Crippen LogP) is 3.40. The predicted molar refractivity (Wildman–Crippen MR) is 74.1 cm³/mol. The molecule has 0 bridgehead atoms. The zero-order chi connectivity index (χ0) is 13.1. The van der Waals surface area contributed by atoms with Gasteiger partial charge in [0, 0.05) is 4.47 Å². The molecule has 0 N–H and O–H groups in total. The summed E-state index contributed by atoms with van der Waals surface area (Å²) in [6.45, 7) is 2.49. The van der Waals surface area contributed by atoms with Gasteiger partial charge in [0.25, 0.3) is 0 Å². The Balaban J connectivity index is 2.22. The van der Waals surface area contributed by atoms with Crippen molar-refractivity contribution in [1.82, 2.24) is 15.0 Å². The highest BCUT2D eigenvalue weighted by atomic mass is 79.9. The third kappa shape index (κ3) is 3.03. The molecule has 0 amide bonds. The average Bonchev–Trinajstić information content (AvgIpc) is 2.81. The minimum atomic E-state index is -0.132. The minimum Gasteiger partial charge on any atom is -0.497 e. The fourth-order valence-electron chi connectivity index (χ4n) is 1.55. The van der Waals surface area contributed by atoms with Crippen LogP contribution < -0.4 is 4.74 Å². The first-order chi connectivity index (χ1) is 8.60. The fraction of sp³-hybridized carbons (Fsp3) is 0.333. The Morgan fingerprint density at radius 3 is 2.89 bits per heavy atom. The number of benzene rings is 1. The lowest BCUT2D eigenvalue weighted by atomic mass is 10.2. The molecule has 1 unspecified atom stereocenters. The Kier molecular flexibility index (Phi) is 4.24. The smallest absolute Gasteiger partial charge is 0.119 e. The molecule has 0 aliphatic rings. The van der Waals surface area contributed by atoms with Crippen molar-refractivity contribution in [2.45, 2.75) is 18.8 Å². The van der Waals surface area contributed by atoms with Crippen molar-refractivity contribution in [3.8, 4) is 5.75 Å². The van der Waals surface area contributed by atoms with Gasteiger partial charge in [-0.1, -0.05) is 21.1 Å². The molecule has 96 valence electrons. The van der Waals surface area contributed by atoms with Gasteiger partial charge in [0.05, 0.1) is 25.2 Å². The molecule has 2 rings (SSSR count). The molecule has 4 nitrogen and oxygen atoms in total. The van der Waals surface area contributed by atoms with Gasteiger partial charge in [0.15, 0.2) is 0 Å². The molecule has 0 aliphatic heterocycles. The van der Waals surface area contributed by atoms with E-state index >= 15 is 0 Å². The molecule has 0 radical (unpaired) electrons. The second-order valence-corrected chi connectivity index (χ2v) is 5.42. The summed E-state index contributed by atoms with van der Waals surface area (Å²) in [7, 11) is 1.65. The summed E-state index contributed by atoms with van der Waals surface area (Å²) in [6.07, 6.45) is 1.85. The molecule has 1 aromatic heterocycles. The molecule has 0 fully saturated rings. The van der Waals surface area contributed by atoms with Gasteiger partial charge in [0.2, 0.25) is 0 Å². The summed E-state index contributed by atoms with van der Waals surface area (Å²) in [5, 5.41) is 7.94. The summed E-state index contributed by atoms with van der Waals surface area (Å²) < 4.78 is 7.97. The van der Waals surface area contributed by atoms with Crippen molar-refractivity contribution >= 4 is 27.5 Å². The number of hydrogen-bond acceptors (Lipinski definition) is 3. The first-order valence-corrected chi connectivity index (χ1v) is 6.69. The highest BCUT2D eigenvalue weighted by molar-refractivity contribution is 9.10. The number of alkyl halides is 1. The molecule has 0 saturated carbocycles. The standard InChI is InChI=1S/C12H13BrClN3O/c1-8(14)12-7-17(16-15-12)6-9-5-10(18-2)3-4-11(9)13/h3-5,7-8H,6H2,1-2H3. The van der Waals surface area contributed by atoms with E-state index in [1.807, 2.05) is 31.3 Å². The molecule has 0 spiro atoms. The fourth-order valence-corrected chi connectivity index (χ4v) is 2.02. The zero-order valence-corrected chi connectivity index (χ0v) is 12.4. The van der Waals surface area contributed by atoms with Crippen LogP contribution in [0.15, 0.2) is 28.9 Å². The van der Waals surface area contributed by atoms with Crippen LogP contribution in [0.5, 0.6) is 5.75 Å². The molecular weight excluding hydrogens is 318 g/mol. The lowest BCUT2D eigenvalue weighted by molar-refractivity contribution is 0.414. The number of nitrogens with zero attached hydrogens (tertiary/aromatic N) is 3. The summed E-state index contributed by atoms with van der Waals surface area (Å²) in [6, 6.07) is 5.83. The highest BCUT2D eigenvalue weighted by Crippen LogP contribution is 2.23. The Labute approximate surface area is 119 Å². The Bertz CT molecular complexity index is 542. The first-order valence-electron chi connectivity index (χ1n) is 5.46. The van der Waals surface area contributed by atoms with Gasteiger partial charge < -0.3 is 4.74 Å². The van der Waals surface area contributed by atoms with Gasteiger partial charge in [-0.2, -0.15) is 0 Å². The summed E-state index contributed by atoms with van der Waals surface area (Å²) in [4.78, 5) is 0. The van der Waals surface area contributed by atoms with Gasteiger partial charge in [-0.3, -0.25) is 0 Å². The largest absolute Gasteiger partial charge is 0.497 e. The molecule has 1 heterocycles. The van der Waals surface area contributed by atoms with Crippen LogP contribution in [0.25, 0.3) is 0 Å². The maximum absolute atomic E-state index is 5.95. The van der Waals surface area contributed by atoms with Crippen molar-refractivity contribution in [3.63, 3.8) is 0 Å². The maximum Gasteiger partial charge on any atom is 0.119 e. The van der Waals surface area contributed by atoms with E-state index < -0.39 is 0 Å². The van der Waals surface area contributed by atoms with Gasteiger partial charge in [-0.15, -0.1) is 16.7 Å². The van der Waals surface area contributed by atoms with E-state index in [0.29, 0.717) is 6.54 Å². The second kappa shape index (κ2) is 5.71. The number of rotatable bonds is 4. The quantitative estimate of drug-likeness (QED) is 0.807. The molecule has 0 aliphatic carbocycles. The van der Waals surface area contributed by atoms with Crippen LogP contribution in [0.4, 0.5) is 0 Å². The van der Waals surface area contributed by atoms with E-state index in [1.165, 1.54) is 0 Å². The topological polar surface area (TPSA) is 39.9 Å². The van der Waals surface area contributed by atoms with Crippen molar-refractivity contribution in [3.05, 3.63) is 40.1 Å². The van der Waals surface area contributed by atoms with Gasteiger partial charge in [0.1, 0.15) is 11.4 Å². The van der Waals surface area contributed by atoms with Crippen LogP contribution in [0.2, 0.25) is 0 Å². The molecule has 1 atom stereocenters. The number of aromatic nitrogens is 3. The van der Waals surface area contributed by atoms with Crippen LogP contribution in [0, 0.1) is 0 Å². The van der Waals surface area contributed by atoms with Crippen LogP contribution in [0.3, 0.4) is 0 Å². The van der Waals surface area contributed by atoms with E-state index in [4.69, 9.17) is 16.3 Å². The van der Waals surface area contributed by atoms with Crippen molar-refractivity contribution in [1.29, 1.82) is 0 Å². The molecule has 2 aromatic rings. The molecule has 1 aromatic carbocycles. The van der Waals surface area contributed by atoms with Gasteiger partial charge in [-0.25, -0.2) is 4.68 Å². The van der Waals surface area contributed by atoms with Gasteiger partial charge >= 0.3 is 0 Å². The van der Waals surface area contributed by atoms with Crippen LogP contribution >= 0.6 is 27.5 Å². The van der Waals surface area contributed by atoms with Crippen molar-refractivity contribution in [2.24, 2.45) is 0 Å². The SMILES string of the molecule is COc1ccc(Br)c(Cn2cc(C(C)Cl)nn2)c1. The number of hydrogen-bond donors (Lipinski definition) is 0. The normalized spacial score (nSPS) is 12.4. The summed E-state index contributed by atoms with van der Waals surface area (Å²) in [5.74, 6) is 0.819. The molecular formula is C12H13BrClN3O. The highest BCUT2D eigenvalue weighted by Gasteiger charge is 2.08. The molecule has 18 heavy (non-hydrogen) atoms. The van der Waals surface area contributed by atoms with E-state index in [0.717, 1.165) is 21.5 Å². The Hall–Kier alpha value is -1.07. The van der Waals surface area contributed by atoms with E-state index in [2.05, 4.69) is 26.2 Å². The van der Waals surface area contributed by atoms with Crippen LogP contribution in [-0.4, -0.2) is 22.1 Å². The zero-order valence-electron chi connectivity index (χ0n) is 10.1. The Morgan fingerprint density at radius 2 is 2.28 bits per heavy atom. The third-order valence-electron chi connectivity index (χ3n) is 2.55. The second-order valence-electron chi connectivity index (χ2n) is 3.91. The number of ether oxygens (including phenoxy) is 1.